The zero-order valence-corrected chi connectivity index (χ0v) is 12.3. The van der Waals surface area contributed by atoms with Crippen molar-refractivity contribution in [3.8, 4) is 0 Å². The molecule has 0 aromatic rings. The zero-order chi connectivity index (χ0) is 14.4. The number of aliphatic carboxylic acids is 1. The van der Waals surface area contributed by atoms with Crippen LogP contribution in [0.1, 0.15) is 33.1 Å². The molecule has 1 rings (SSSR count). The molecule has 1 saturated heterocycles. The Morgan fingerprint density at radius 3 is 2.21 bits per heavy atom. The molecule has 1 atom stereocenters. The van der Waals surface area contributed by atoms with Crippen LogP contribution >= 0.6 is 0 Å². The summed E-state index contributed by atoms with van der Waals surface area (Å²) in [6.07, 6.45) is 1.31. The van der Waals surface area contributed by atoms with Gasteiger partial charge in [-0.05, 0) is 25.8 Å². The summed E-state index contributed by atoms with van der Waals surface area (Å²) in [4.78, 5) is 27.3. The van der Waals surface area contributed by atoms with E-state index in [1.54, 1.807) is 0 Å². The van der Waals surface area contributed by atoms with Gasteiger partial charge in [0.1, 0.15) is 0 Å². The van der Waals surface area contributed by atoms with Gasteiger partial charge in [-0.25, -0.2) is 0 Å². The van der Waals surface area contributed by atoms with Crippen LogP contribution in [0, 0.1) is 11.8 Å². The largest absolute Gasteiger partial charge is 0.481 e. The van der Waals surface area contributed by atoms with Gasteiger partial charge in [-0.2, -0.15) is 0 Å². The molecule has 1 heterocycles. The second-order valence-corrected chi connectivity index (χ2v) is 5.89. The molecule has 19 heavy (non-hydrogen) atoms. The summed E-state index contributed by atoms with van der Waals surface area (Å²) in [6.45, 7) is 7.47. The lowest BCUT2D eigenvalue weighted by Gasteiger charge is -2.35. The van der Waals surface area contributed by atoms with E-state index in [4.69, 9.17) is 5.11 Å². The van der Waals surface area contributed by atoms with Crippen molar-refractivity contribution in [1.29, 1.82) is 0 Å². The van der Waals surface area contributed by atoms with E-state index in [1.807, 2.05) is 4.90 Å². The molecule has 0 aromatic heterocycles. The van der Waals surface area contributed by atoms with E-state index in [0.717, 1.165) is 32.6 Å². The number of carbonyl (C=O) groups excluding carboxylic acids is 1. The van der Waals surface area contributed by atoms with Crippen LogP contribution in [0.3, 0.4) is 0 Å². The van der Waals surface area contributed by atoms with Crippen molar-refractivity contribution in [3.05, 3.63) is 0 Å². The molecule has 1 N–H and O–H groups in total. The van der Waals surface area contributed by atoms with Crippen molar-refractivity contribution < 1.29 is 14.7 Å². The Labute approximate surface area is 115 Å². The van der Waals surface area contributed by atoms with E-state index in [0.29, 0.717) is 12.3 Å². The average Bonchev–Trinajstić information content (AvgIpc) is 2.34. The number of carbonyl (C=O) groups is 2. The molecule has 1 fully saturated rings. The molecule has 1 unspecified atom stereocenters. The Bertz CT molecular complexity index is 310. The zero-order valence-electron chi connectivity index (χ0n) is 12.3. The van der Waals surface area contributed by atoms with Crippen LogP contribution in [0.2, 0.25) is 0 Å². The minimum Gasteiger partial charge on any atom is -0.481 e. The first-order valence-corrected chi connectivity index (χ1v) is 7.09. The highest BCUT2D eigenvalue weighted by molar-refractivity contribution is 5.79. The van der Waals surface area contributed by atoms with Gasteiger partial charge in [-0.1, -0.05) is 13.8 Å². The number of amides is 1. The Morgan fingerprint density at radius 2 is 1.74 bits per heavy atom. The number of carboxylic acids is 1. The highest BCUT2D eigenvalue weighted by atomic mass is 16.4. The van der Waals surface area contributed by atoms with Crippen molar-refractivity contribution in [3.63, 3.8) is 0 Å². The highest BCUT2D eigenvalue weighted by Crippen LogP contribution is 2.20. The van der Waals surface area contributed by atoms with Gasteiger partial charge in [0.2, 0.25) is 5.91 Å². The van der Waals surface area contributed by atoms with Gasteiger partial charge in [0.15, 0.2) is 0 Å². The molecule has 0 radical (unpaired) electrons. The molecule has 5 heteroatoms. The summed E-state index contributed by atoms with van der Waals surface area (Å²) < 4.78 is 0. The number of hydrogen-bond acceptors (Lipinski definition) is 3. The first kappa shape index (κ1) is 16.0. The monoisotopic (exact) mass is 270 g/mol. The second kappa shape index (κ2) is 7.48. The quantitative estimate of drug-likeness (QED) is 0.790. The first-order chi connectivity index (χ1) is 8.90. The fourth-order valence-electron chi connectivity index (χ4n) is 2.49. The molecule has 0 aromatic carbocycles. The molecular formula is C14H26N2O3. The van der Waals surface area contributed by atoms with E-state index >= 15 is 0 Å². The van der Waals surface area contributed by atoms with Gasteiger partial charge < -0.3 is 14.9 Å². The molecule has 5 nitrogen and oxygen atoms in total. The molecular weight excluding hydrogens is 244 g/mol. The summed E-state index contributed by atoms with van der Waals surface area (Å²) >= 11 is 0. The van der Waals surface area contributed by atoms with Gasteiger partial charge in [0.25, 0.3) is 0 Å². The summed E-state index contributed by atoms with van der Waals surface area (Å²) in [6, 6.07) is 0. The standard InChI is InChI=1S/C14H26N2O3/c1-11(2)10-12(4-5-13(17)18)14(19)16-8-6-15(3)7-9-16/h11-12H,4-10H2,1-3H3,(H,17,18). The van der Waals surface area contributed by atoms with Crippen molar-refractivity contribution in [2.45, 2.75) is 33.1 Å². The maximum Gasteiger partial charge on any atom is 0.303 e. The van der Waals surface area contributed by atoms with Crippen LogP contribution in [0.25, 0.3) is 0 Å². The number of rotatable bonds is 6. The van der Waals surface area contributed by atoms with Crippen LogP contribution in [-0.2, 0) is 9.59 Å². The van der Waals surface area contributed by atoms with Crippen LogP contribution in [0.15, 0.2) is 0 Å². The van der Waals surface area contributed by atoms with Gasteiger partial charge in [-0.3, -0.25) is 9.59 Å². The lowest BCUT2D eigenvalue weighted by Crippen LogP contribution is -2.49. The summed E-state index contributed by atoms with van der Waals surface area (Å²) in [5.41, 5.74) is 0. The number of hydrogen-bond donors (Lipinski definition) is 1. The van der Waals surface area contributed by atoms with Crippen molar-refractivity contribution in [2.75, 3.05) is 33.2 Å². The molecule has 1 amide bonds. The molecule has 0 spiro atoms. The lowest BCUT2D eigenvalue weighted by molar-refractivity contribution is -0.140. The predicted molar refractivity (Wildman–Crippen MR) is 73.9 cm³/mol. The van der Waals surface area contributed by atoms with Crippen molar-refractivity contribution in [2.24, 2.45) is 11.8 Å². The van der Waals surface area contributed by atoms with Gasteiger partial charge >= 0.3 is 5.97 Å². The fourth-order valence-corrected chi connectivity index (χ4v) is 2.49. The Balaban J connectivity index is 2.56. The Morgan fingerprint density at radius 1 is 1.16 bits per heavy atom. The molecule has 0 bridgehead atoms. The fraction of sp³-hybridized carbons (Fsp3) is 0.857. The van der Waals surface area contributed by atoms with E-state index in [2.05, 4.69) is 25.8 Å². The number of carboxylic acid groups (broad SMARTS) is 1. The van der Waals surface area contributed by atoms with Crippen LogP contribution in [0.5, 0.6) is 0 Å². The average molecular weight is 270 g/mol. The number of piperazine rings is 1. The van der Waals surface area contributed by atoms with Gasteiger partial charge in [0.05, 0.1) is 0 Å². The summed E-state index contributed by atoms with van der Waals surface area (Å²) in [5.74, 6) is -0.405. The first-order valence-electron chi connectivity index (χ1n) is 7.09. The molecule has 1 aliphatic rings. The van der Waals surface area contributed by atoms with Crippen LogP contribution in [-0.4, -0.2) is 60.0 Å². The lowest BCUT2D eigenvalue weighted by atomic mass is 9.91. The molecule has 0 saturated carbocycles. The van der Waals surface area contributed by atoms with Crippen LogP contribution < -0.4 is 0 Å². The van der Waals surface area contributed by atoms with E-state index in [9.17, 15) is 9.59 Å². The smallest absolute Gasteiger partial charge is 0.303 e. The minimum absolute atomic E-state index is 0.0802. The topological polar surface area (TPSA) is 60.9 Å². The number of nitrogens with zero attached hydrogens (tertiary/aromatic N) is 2. The third kappa shape index (κ3) is 5.59. The number of likely N-dealkylation sites (N-methyl/N-ethyl adjacent to an activating group) is 1. The minimum atomic E-state index is -0.820. The molecule has 1 aliphatic heterocycles. The second-order valence-electron chi connectivity index (χ2n) is 5.89. The third-order valence-corrected chi connectivity index (χ3v) is 3.63. The Kier molecular flexibility index (Phi) is 6.28. The normalized spacial score (nSPS) is 18.6. The van der Waals surface area contributed by atoms with Crippen molar-refractivity contribution >= 4 is 11.9 Å². The van der Waals surface area contributed by atoms with E-state index < -0.39 is 5.97 Å². The van der Waals surface area contributed by atoms with E-state index in [1.165, 1.54) is 0 Å². The molecule has 0 aliphatic carbocycles. The van der Waals surface area contributed by atoms with Crippen LogP contribution in [0.4, 0.5) is 0 Å². The Hall–Kier alpha value is -1.10. The summed E-state index contributed by atoms with van der Waals surface area (Å²) in [5, 5.41) is 8.79. The van der Waals surface area contributed by atoms with Gasteiger partial charge in [-0.15, -0.1) is 0 Å². The predicted octanol–water partition coefficient (Wildman–Crippen LogP) is 1.29. The molecule has 110 valence electrons. The highest BCUT2D eigenvalue weighted by Gasteiger charge is 2.27. The summed E-state index contributed by atoms with van der Waals surface area (Å²) in [7, 11) is 2.05. The van der Waals surface area contributed by atoms with Crippen molar-refractivity contribution in [1.82, 2.24) is 9.80 Å². The third-order valence-electron chi connectivity index (χ3n) is 3.63. The van der Waals surface area contributed by atoms with E-state index in [-0.39, 0.29) is 18.2 Å². The maximum absolute atomic E-state index is 12.5. The SMILES string of the molecule is CC(C)CC(CCC(=O)O)C(=O)N1CCN(C)CC1. The maximum atomic E-state index is 12.5. The van der Waals surface area contributed by atoms with Gasteiger partial charge in [0, 0.05) is 38.5 Å².